The quantitative estimate of drug-likeness (QED) is 0.108. The van der Waals surface area contributed by atoms with Gasteiger partial charge in [0.2, 0.25) is 0 Å². The molecule has 0 radical (unpaired) electrons. The molecule has 1 aliphatic heterocycles. The topological polar surface area (TPSA) is 187 Å². The highest BCUT2D eigenvalue weighted by atomic mass is 16.7. The molecule has 0 spiro atoms. The maximum absolute atomic E-state index is 11.8. The number of hydrogen-bond acceptors (Lipinski definition) is 15. The molecule has 0 saturated carbocycles. The molecule has 0 bridgehead atoms. The first-order valence-electron chi connectivity index (χ1n) is 12.6. The Bertz CT molecular complexity index is 736. The van der Waals surface area contributed by atoms with Crippen LogP contribution in [-0.2, 0) is 66.5 Å². The van der Waals surface area contributed by atoms with Crippen molar-refractivity contribution in [2.24, 2.45) is 5.73 Å². The van der Waals surface area contributed by atoms with Crippen molar-refractivity contribution in [3.8, 4) is 0 Å². The lowest BCUT2D eigenvalue weighted by Gasteiger charge is -2.44. The van der Waals surface area contributed by atoms with Crippen LogP contribution in [0.15, 0.2) is 0 Å². The number of carbonyl (C=O) groups excluding carboxylic acids is 4. The lowest BCUT2D eigenvalue weighted by atomic mass is 9.98. The van der Waals surface area contributed by atoms with E-state index >= 15 is 0 Å². The summed E-state index contributed by atoms with van der Waals surface area (Å²) in [6, 6.07) is 0. The zero-order chi connectivity index (χ0) is 29.0. The van der Waals surface area contributed by atoms with Crippen molar-refractivity contribution in [3.63, 3.8) is 0 Å². The molecule has 2 N–H and O–H groups in total. The van der Waals surface area contributed by atoms with Crippen LogP contribution in [0.3, 0.4) is 0 Å². The third-order valence-electron chi connectivity index (χ3n) is 4.84. The predicted octanol–water partition coefficient (Wildman–Crippen LogP) is -0.889. The average Bonchev–Trinajstić information content (AvgIpc) is 2.85. The second-order valence-electron chi connectivity index (χ2n) is 8.18. The summed E-state index contributed by atoms with van der Waals surface area (Å²) in [7, 11) is 0. The molecule has 1 aliphatic rings. The van der Waals surface area contributed by atoms with E-state index in [1.54, 1.807) is 0 Å². The first kappa shape index (κ1) is 34.6. The fourth-order valence-electron chi connectivity index (χ4n) is 3.39. The summed E-state index contributed by atoms with van der Waals surface area (Å²) in [5, 5.41) is 0. The smallest absolute Gasteiger partial charge is 0.303 e. The number of esters is 4. The summed E-state index contributed by atoms with van der Waals surface area (Å²) in [4.78, 5) is 46.8. The van der Waals surface area contributed by atoms with Gasteiger partial charge in [-0.25, -0.2) is 0 Å². The molecule has 0 aromatic carbocycles. The SMILES string of the molecule is CC(=O)OC[C@H]1OC(OCCOCCOCCOCCOCCN)[C@@H](OC(C)=O)[C@@H](OC(C)=O)[C@@H]1OC(C)=O. The number of ether oxygens (including phenoxy) is 10. The Hall–Kier alpha value is -2.40. The first-order valence-corrected chi connectivity index (χ1v) is 12.6. The molecule has 5 atom stereocenters. The molecule has 15 nitrogen and oxygen atoms in total. The molecule has 0 aromatic heterocycles. The van der Waals surface area contributed by atoms with E-state index in [4.69, 9.17) is 53.1 Å². The molecule has 1 rings (SSSR count). The molecule has 1 unspecified atom stereocenters. The van der Waals surface area contributed by atoms with Crippen molar-refractivity contribution in [2.75, 3.05) is 72.6 Å². The summed E-state index contributed by atoms with van der Waals surface area (Å²) >= 11 is 0. The van der Waals surface area contributed by atoms with Gasteiger partial charge in [0.25, 0.3) is 0 Å². The number of carbonyl (C=O) groups is 4. The number of hydrogen-bond donors (Lipinski definition) is 1. The van der Waals surface area contributed by atoms with E-state index < -0.39 is 54.6 Å². The summed E-state index contributed by atoms with van der Waals surface area (Å²) in [5.74, 6) is -2.76. The Kier molecular flexibility index (Phi) is 18.2. The van der Waals surface area contributed by atoms with Crippen LogP contribution in [0.25, 0.3) is 0 Å². The first-order chi connectivity index (χ1) is 18.6. The van der Waals surface area contributed by atoms with Gasteiger partial charge in [-0.1, -0.05) is 0 Å². The van der Waals surface area contributed by atoms with Crippen molar-refractivity contribution in [1.29, 1.82) is 0 Å². The summed E-state index contributed by atoms with van der Waals surface area (Å²) in [5.41, 5.74) is 5.32. The molecule has 1 fully saturated rings. The highest BCUT2D eigenvalue weighted by Crippen LogP contribution is 2.29. The second kappa shape index (κ2) is 20.5. The highest BCUT2D eigenvalue weighted by Gasteiger charge is 2.52. The van der Waals surface area contributed by atoms with Gasteiger partial charge >= 0.3 is 23.9 Å². The molecule has 0 aliphatic carbocycles. The van der Waals surface area contributed by atoms with Crippen LogP contribution in [0.5, 0.6) is 0 Å². The molecule has 1 heterocycles. The zero-order valence-electron chi connectivity index (χ0n) is 23.0. The van der Waals surface area contributed by atoms with Crippen LogP contribution in [0.2, 0.25) is 0 Å². The van der Waals surface area contributed by atoms with Crippen LogP contribution in [0, 0.1) is 0 Å². The van der Waals surface area contributed by atoms with Crippen molar-refractivity contribution in [2.45, 2.75) is 58.4 Å². The normalized spacial score (nSPS) is 22.6. The van der Waals surface area contributed by atoms with Gasteiger partial charge in [-0.3, -0.25) is 19.2 Å². The third kappa shape index (κ3) is 15.7. The Morgan fingerprint density at radius 1 is 0.590 bits per heavy atom. The lowest BCUT2D eigenvalue weighted by Crippen LogP contribution is -2.63. The molecule has 15 heteroatoms. The van der Waals surface area contributed by atoms with Gasteiger partial charge in [0.15, 0.2) is 24.6 Å². The minimum atomic E-state index is -1.29. The van der Waals surface area contributed by atoms with Crippen LogP contribution in [0.1, 0.15) is 27.7 Å². The summed E-state index contributed by atoms with van der Waals surface area (Å²) < 4.78 is 54.0. The molecule has 39 heavy (non-hydrogen) atoms. The fourth-order valence-corrected chi connectivity index (χ4v) is 3.39. The molecule has 1 saturated heterocycles. The Balaban J connectivity index is 2.60. The standard InChI is InChI=1S/C24H41NO14/c1-16(26)35-15-20-21(36-17(2)27)22(37-18(3)28)23(38-19(4)29)24(39-20)34-14-13-33-12-11-32-10-9-31-8-7-30-6-5-25/h20-24H,5-15,25H2,1-4H3/t20-,21-,22+,23+,24?/m1/s1. The van der Waals surface area contributed by atoms with E-state index in [0.717, 1.165) is 20.8 Å². The van der Waals surface area contributed by atoms with Crippen LogP contribution in [-0.4, -0.2) is 127 Å². The third-order valence-corrected chi connectivity index (χ3v) is 4.84. The molecule has 0 amide bonds. The van der Waals surface area contributed by atoms with Gasteiger partial charge in [0.1, 0.15) is 12.7 Å². The van der Waals surface area contributed by atoms with Gasteiger partial charge in [0.05, 0.1) is 59.5 Å². The van der Waals surface area contributed by atoms with E-state index in [-0.39, 0.29) is 26.4 Å². The van der Waals surface area contributed by atoms with E-state index in [1.165, 1.54) is 6.92 Å². The second-order valence-corrected chi connectivity index (χ2v) is 8.18. The predicted molar refractivity (Wildman–Crippen MR) is 130 cm³/mol. The molecule has 0 aromatic rings. The number of nitrogens with two attached hydrogens (primary N) is 1. The van der Waals surface area contributed by atoms with Gasteiger partial charge < -0.3 is 53.1 Å². The zero-order valence-corrected chi connectivity index (χ0v) is 23.0. The maximum atomic E-state index is 11.8. The van der Waals surface area contributed by atoms with Gasteiger partial charge in [-0.2, -0.15) is 0 Å². The molecular weight excluding hydrogens is 526 g/mol. The van der Waals surface area contributed by atoms with E-state index in [0.29, 0.717) is 46.2 Å². The fraction of sp³-hybridized carbons (Fsp3) is 0.833. The van der Waals surface area contributed by atoms with Gasteiger partial charge in [-0.15, -0.1) is 0 Å². The van der Waals surface area contributed by atoms with Crippen molar-refractivity contribution in [3.05, 3.63) is 0 Å². The molecule has 226 valence electrons. The summed E-state index contributed by atoms with van der Waals surface area (Å²) in [6.07, 6.45) is -6.16. The van der Waals surface area contributed by atoms with E-state index in [1.807, 2.05) is 0 Å². The minimum Gasteiger partial charge on any atom is -0.463 e. The van der Waals surface area contributed by atoms with Crippen LogP contribution >= 0.6 is 0 Å². The van der Waals surface area contributed by atoms with Crippen LogP contribution in [0.4, 0.5) is 0 Å². The van der Waals surface area contributed by atoms with E-state index in [2.05, 4.69) is 0 Å². The monoisotopic (exact) mass is 567 g/mol. The van der Waals surface area contributed by atoms with Gasteiger partial charge in [0, 0.05) is 34.2 Å². The minimum absolute atomic E-state index is 0.000346. The molecular formula is C24H41NO14. The van der Waals surface area contributed by atoms with Gasteiger partial charge in [-0.05, 0) is 0 Å². The summed E-state index contributed by atoms with van der Waals surface area (Å²) in [6.45, 7) is 7.72. The number of rotatable bonds is 20. The van der Waals surface area contributed by atoms with Crippen molar-refractivity contribution < 1.29 is 66.5 Å². The highest BCUT2D eigenvalue weighted by molar-refractivity contribution is 5.68. The van der Waals surface area contributed by atoms with E-state index in [9.17, 15) is 19.2 Å². The Morgan fingerprint density at radius 2 is 1.03 bits per heavy atom. The van der Waals surface area contributed by atoms with Crippen molar-refractivity contribution in [1.82, 2.24) is 0 Å². The van der Waals surface area contributed by atoms with Crippen molar-refractivity contribution >= 4 is 23.9 Å². The maximum Gasteiger partial charge on any atom is 0.303 e. The Labute approximate surface area is 227 Å². The average molecular weight is 568 g/mol. The largest absolute Gasteiger partial charge is 0.463 e. The lowest BCUT2D eigenvalue weighted by molar-refractivity contribution is -0.309. The Morgan fingerprint density at radius 3 is 1.49 bits per heavy atom. The van der Waals surface area contributed by atoms with Crippen LogP contribution < -0.4 is 5.73 Å².